The highest BCUT2D eigenvalue weighted by Crippen LogP contribution is 2.17. The van der Waals surface area contributed by atoms with Crippen LogP contribution < -0.4 is 4.90 Å². The molecule has 0 amide bonds. The van der Waals surface area contributed by atoms with Gasteiger partial charge in [-0.15, -0.1) is 0 Å². The maximum Gasteiger partial charge on any atom is 0.128 e. The summed E-state index contributed by atoms with van der Waals surface area (Å²) in [7, 11) is 0. The second-order valence-corrected chi connectivity index (χ2v) is 3.34. The molecule has 0 aromatic carbocycles. The lowest BCUT2D eigenvalue weighted by atomic mass is 10.3. The van der Waals surface area contributed by atoms with Gasteiger partial charge < -0.3 is 10.0 Å². The molecule has 0 unspecified atom stereocenters. The molecule has 1 fully saturated rings. The molecule has 1 N–H and O–H groups in total. The van der Waals surface area contributed by atoms with Crippen LogP contribution in [0.5, 0.6) is 0 Å². The fourth-order valence-corrected chi connectivity index (χ4v) is 1.68. The van der Waals surface area contributed by atoms with Crippen LogP contribution in [0, 0.1) is 0 Å². The zero-order chi connectivity index (χ0) is 9.10. The second kappa shape index (κ2) is 3.75. The molecule has 1 aromatic heterocycles. The topological polar surface area (TPSA) is 36.4 Å². The van der Waals surface area contributed by atoms with E-state index >= 15 is 0 Å². The maximum atomic E-state index is 8.92. The molecular formula is C10H14N2O. The van der Waals surface area contributed by atoms with Crippen LogP contribution in [0.3, 0.4) is 0 Å². The summed E-state index contributed by atoms with van der Waals surface area (Å²) in [5, 5.41) is 8.92. The van der Waals surface area contributed by atoms with Crippen LogP contribution in [-0.4, -0.2) is 23.2 Å². The monoisotopic (exact) mass is 178 g/mol. The minimum absolute atomic E-state index is 0.0294. The molecule has 0 atom stereocenters. The predicted octanol–water partition coefficient (Wildman–Crippen LogP) is 1.17. The van der Waals surface area contributed by atoms with Gasteiger partial charge in [-0.1, -0.05) is 6.07 Å². The molecular weight excluding hydrogens is 164 g/mol. The molecule has 2 rings (SSSR count). The third kappa shape index (κ3) is 1.80. The number of aliphatic hydroxyl groups is 1. The molecule has 2 heterocycles. The van der Waals surface area contributed by atoms with Crippen LogP contribution in [0.1, 0.15) is 18.5 Å². The summed E-state index contributed by atoms with van der Waals surface area (Å²) in [4.78, 5) is 6.61. The average Bonchev–Trinajstić information content (AvgIpc) is 2.71. The Morgan fingerprint density at radius 1 is 1.31 bits per heavy atom. The third-order valence-corrected chi connectivity index (χ3v) is 2.38. The maximum absolute atomic E-state index is 8.92. The lowest BCUT2D eigenvalue weighted by Crippen LogP contribution is -2.19. The fraction of sp³-hybridized carbons (Fsp3) is 0.500. The van der Waals surface area contributed by atoms with Gasteiger partial charge in [-0.3, -0.25) is 0 Å². The number of hydrogen-bond acceptors (Lipinski definition) is 3. The van der Waals surface area contributed by atoms with E-state index < -0.39 is 0 Å². The van der Waals surface area contributed by atoms with E-state index in [0.717, 1.165) is 24.6 Å². The van der Waals surface area contributed by atoms with E-state index in [1.807, 2.05) is 18.2 Å². The highest BCUT2D eigenvalue weighted by molar-refractivity contribution is 5.39. The summed E-state index contributed by atoms with van der Waals surface area (Å²) in [6, 6.07) is 5.80. The van der Waals surface area contributed by atoms with E-state index in [2.05, 4.69) is 9.88 Å². The van der Waals surface area contributed by atoms with E-state index in [1.54, 1.807) is 0 Å². The molecule has 1 aromatic rings. The van der Waals surface area contributed by atoms with Crippen LogP contribution in [0.25, 0.3) is 0 Å². The largest absolute Gasteiger partial charge is 0.390 e. The second-order valence-electron chi connectivity index (χ2n) is 3.34. The molecule has 1 saturated heterocycles. The van der Waals surface area contributed by atoms with Gasteiger partial charge in [0.1, 0.15) is 5.82 Å². The highest BCUT2D eigenvalue weighted by atomic mass is 16.3. The molecule has 3 nitrogen and oxygen atoms in total. The van der Waals surface area contributed by atoms with E-state index in [4.69, 9.17) is 5.11 Å². The Labute approximate surface area is 78.0 Å². The Hall–Kier alpha value is -1.09. The predicted molar refractivity (Wildman–Crippen MR) is 51.6 cm³/mol. The van der Waals surface area contributed by atoms with Crippen molar-refractivity contribution in [1.29, 1.82) is 0 Å². The summed E-state index contributed by atoms with van der Waals surface area (Å²) < 4.78 is 0. The van der Waals surface area contributed by atoms with E-state index in [9.17, 15) is 0 Å². The molecule has 0 radical (unpaired) electrons. The van der Waals surface area contributed by atoms with E-state index in [0.29, 0.717) is 0 Å². The Balaban J connectivity index is 2.18. The van der Waals surface area contributed by atoms with Crippen molar-refractivity contribution in [3.63, 3.8) is 0 Å². The van der Waals surface area contributed by atoms with Crippen LogP contribution in [0.2, 0.25) is 0 Å². The number of hydrogen-bond donors (Lipinski definition) is 1. The Morgan fingerprint density at radius 3 is 2.77 bits per heavy atom. The van der Waals surface area contributed by atoms with Gasteiger partial charge in [0.2, 0.25) is 0 Å². The Bertz CT molecular complexity index is 282. The zero-order valence-corrected chi connectivity index (χ0v) is 7.61. The van der Waals surface area contributed by atoms with Crippen molar-refractivity contribution in [2.75, 3.05) is 18.0 Å². The van der Waals surface area contributed by atoms with Gasteiger partial charge in [0.15, 0.2) is 0 Å². The molecule has 0 spiro atoms. The Kier molecular flexibility index (Phi) is 2.45. The quantitative estimate of drug-likeness (QED) is 0.738. The van der Waals surface area contributed by atoms with Gasteiger partial charge in [0.25, 0.3) is 0 Å². The number of pyridine rings is 1. The number of aromatic nitrogens is 1. The fourth-order valence-electron chi connectivity index (χ4n) is 1.68. The van der Waals surface area contributed by atoms with Crippen molar-refractivity contribution in [3.8, 4) is 0 Å². The SMILES string of the molecule is OCc1cccc(N2CCCC2)n1. The molecule has 0 bridgehead atoms. The first-order valence-corrected chi connectivity index (χ1v) is 4.72. The third-order valence-electron chi connectivity index (χ3n) is 2.38. The summed E-state index contributed by atoms with van der Waals surface area (Å²) in [5.74, 6) is 1.00. The smallest absolute Gasteiger partial charge is 0.128 e. The molecule has 3 heteroatoms. The van der Waals surface area contributed by atoms with Crippen molar-refractivity contribution in [3.05, 3.63) is 23.9 Å². The van der Waals surface area contributed by atoms with E-state index in [-0.39, 0.29) is 6.61 Å². The highest BCUT2D eigenvalue weighted by Gasteiger charge is 2.12. The van der Waals surface area contributed by atoms with Crippen molar-refractivity contribution < 1.29 is 5.11 Å². The van der Waals surface area contributed by atoms with Gasteiger partial charge in [-0.05, 0) is 25.0 Å². The normalized spacial score (nSPS) is 16.5. The average molecular weight is 178 g/mol. The van der Waals surface area contributed by atoms with E-state index in [1.165, 1.54) is 12.8 Å². The van der Waals surface area contributed by atoms with Crippen LogP contribution in [0.15, 0.2) is 18.2 Å². The minimum Gasteiger partial charge on any atom is -0.390 e. The number of rotatable bonds is 2. The van der Waals surface area contributed by atoms with Gasteiger partial charge in [0.05, 0.1) is 12.3 Å². The standard InChI is InChI=1S/C10H14N2O/c13-8-9-4-3-5-10(11-9)12-6-1-2-7-12/h3-5,13H,1-2,6-8H2. The first kappa shape index (κ1) is 8.51. The molecule has 70 valence electrons. The number of anilines is 1. The van der Waals surface area contributed by atoms with Crippen molar-refractivity contribution in [2.45, 2.75) is 19.4 Å². The van der Waals surface area contributed by atoms with Gasteiger partial charge in [-0.2, -0.15) is 0 Å². The number of nitrogens with zero attached hydrogens (tertiary/aromatic N) is 2. The molecule has 0 saturated carbocycles. The molecule has 1 aliphatic heterocycles. The summed E-state index contributed by atoms with van der Waals surface area (Å²) in [6.07, 6.45) is 2.51. The van der Waals surface area contributed by atoms with Crippen molar-refractivity contribution in [2.24, 2.45) is 0 Å². The first-order chi connectivity index (χ1) is 6.40. The summed E-state index contributed by atoms with van der Waals surface area (Å²) >= 11 is 0. The first-order valence-electron chi connectivity index (χ1n) is 4.72. The minimum atomic E-state index is 0.0294. The van der Waals surface area contributed by atoms with Crippen LogP contribution >= 0.6 is 0 Å². The van der Waals surface area contributed by atoms with Gasteiger partial charge >= 0.3 is 0 Å². The Morgan fingerprint density at radius 2 is 2.08 bits per heavy atom. The molecule has 1 aliphatic rings. The van der Waals surface area contributed by atoms with Crippen molar-refractivity contribution in [1.82, 2.24) is 4.98 Å². The van der Waals surface area contributed by atoms with Crippen LogP contribution in [-0.2, 0) is 6.61 Å². The molecule has 13 heavy (non-hydrogen) atoms. The zero-order valence-electron chi connectivity index (χ0n) is 7.61. The lowest BCUT2D eigenvalue weighted by molar-refractivity contribution is 0.277. The summed E-state index contributed by atoms with van der Waals surface area (Å²) in [6.45, 7) is 2.23. The lowest BCUT2D eigenvalue weighted by Gasteiger charge is -2.16. The van der Waals surface area contributed by atoms with Gasteiger partial charge in [-0.25, -0.2) is 4.98 Å². The van der Waals surface area contributed by atoms with Gasteiger partial charge in [0, 0.05) is 13.1 Å². The van der Waals surface area contributed by atoms with Crippen molar-refractivity contribution >= 4 is 5.82 Å². The molecule has 0 aliphatic carbocycles. The van der Waals surface area contributed by atoms with Crippen LogP contribution in [0.4, 0.5) is 5.82 Å². The number of aliphatic hydroxyl groups excluding tert-OH is 1. The summed E-state index contributed by atoms with van der Waals surface area (Å²) in [5.41, 5.74) is 0.754.